The lowest BCUT2D eigenvalue weighted by Crippen LogP contribution is -2.28. The van der Waals surface area contributed by atoms with Crippen molar-refractivity contribution in [2.45, 2.75) is 6.61 Å². The van der Waals surface area contributed by atoms with Gasteiger partial charge in [-0.1, -0.05) is 30.3 Å². The molecule has 6 nitrogen and oxygen atoms in total. The first-order chi connectivity index (χ1) is 11.6. The molecule has 0 spiro atoms. The normalized spacial score (nSPS) is 10.8. The number of hydrogen-bond acceptors (Lipinski definition) is 5. The summed E-state index contributed by atoms with van der Waals surface area (Å²) in [7, 11) is 1.17. The van der Waals surface area contributed by atoms with Crippen molar-refractivity contribution in [2.75, 3.05) is 7.11 Å². The number of benzene rings is 1. The minimum absolute atomic E-state index is 0.0515. The van der Waals surface area contributed by atoms with Gasteiger partial charge < -0.3 is 9.47 Å². The molecule has 1 amide bonds. The number of carbonyl (C=O) groups is 2. The lowest BCUT2D eigenvalue weighted by atomic mass is 10.2. The first kappa shape index (κ1) is 17.1. The van der Waals surface area contributed by atoms with Crippen LogP contribution in [-0.4, -0.2) is 24.2 Å². The summed E-state index contributed by atoms with van der Waals surface area (Å²) in [6.07, 6.45) is 1.43. The molecular weight excluding hydrogens is 315 g/mol. The molecule has 0 bridgehead atoms. The highest BCUT2D eigenvalue weighted by atomic mass is 19.1. The molecule has 1 N–H and O–H groups in total. The molecule has 24 heavy (non-hydrogen) atoms. The summed E-state index contributed by atoms with van der Waals surface area (Å²) in [5, 5.41) is 2.29. The molecule has 0 aliphatic rings. The summed E-state index contributed by atoms with van der Waals surface area (Å²) in [6.45, 7) is 0.0515. The lowest BCUT2D eigenvalue weighted by Gasteiger charge is -2.09. The van der Waals surface area contributed by atoms with E-state index < -0.39 is 17.9 Å². The summed E-state index contributed by atoms with van der Waals surface area (Å²) in [5.41, 5.74) is 0.909. The number of esters is 1. The van der Waals surface area contributed by atoms with E-state index in [0.29, 0.717) is 0 Å². The SMILES string of the molecule is COC(=O)/C(=C\c1ccc(F)cn1)NC(=O)OCc1ccccc1. The van der Waals surface area contributed by atoms with Gasteiger partial charge in [0.2, 0.25) is 0 Å². The van der Waals surface area contributed by atoms with E-state index >= 15 is 0 Å². The van der Waals surface area contributed by atoms with Crippen molar-refractivity contribution in [1.29, 1.82) is 0 Å². The Kier molecular flexibility index (Phi) is 6.01. The highest BCUT2D eigenvalue weighted by molar-refractivity contribution is 5.96. The van der Waals surface area contributed by atoms with Crippen LogP contribution in [0.15, 0.2) is 54.4 Å². The predicted octanol–water partition coefficient (Wildman–Crippen LogP) is 2.66. The van der Waals surface area contributed by atoms with Gasteiger partial charge in [-0.2, -0.15) is 0 Å². The fraction of sp³-hybridized carbons (Fsp3) is 0.118. The Labute approximate surface area is 137 Å². The maximum Gasteiger partial charge on any atom is 0.412 e. The summed E-state index contributed by atoms with van der Waals surface area (Å²) >= 11 is 0. The summed E-state index contributed by atoms with van der Waals surface area (Å²) in [4.78, 5) is 27.3. The molecule has 1 heterocycles. The van der Waals surface area contributed by atoms with Gasteiger partial charge in [-0.25, -0.2) is 14.0 Å². The fourth-order valence-corrected chi connectivity index (χ4v) is 1.75. The van der Waals surface area contributed by atoms with Crippen LogP contribution in [0.2, 0.25) is 0 Å². The topological polar surface area (TPSA) is 77.5 Å². The van der Waals surface area contributed by atoms with E-state index in [1.54, 1.807) is 12.1 Å². The van der Waals surface area contributed by atoms with Gasteiger partial charge in [0.25, 0.3) is 0 Å². The number of methoxy groups -OCH3 is 1. The van der Waals surface area contributed by atoms with Crippen molar-refractivity contribution < 1.29 is 23.5 Å². The van der Waals surface area contributed by atoms with Gasteiger partial charge in [-0.3, -0.25) is 10.3 Å². The van der Waals surface area contributed by atoms with Crippen LogP contribution < -0.4 is 5.32 Å². The van der Waals surface area contributed by atoms with Crippen LogP contribution in [0.3, 0.4) is 0 Å². The van der Waals surface area contributed by atoms with Crippen LogP contribution in [0.5, 0.6) is 0 Å². The number of hydrogen-bond donors (Lipinski definition) is 1. The maximum atomic E-state index is 12.9. The Balaban J connectivity index is 2.04. The number of halogens is 1. The zero-order chi connectivity index (χ0) is 17.4. The third-order valence-electron chi connectivity index (χ3n) is 2.90. The minimum Gasteiger partial charge on any atom is -0.464 e. The number of aromatic nitrogens is 1. The quantitative estimate of drug-likeness (QED) is 0.674. The average molecular weight is 330 g/mol. The number of rotatable bonds is 5. The van der Waals surface area contributed by atoms with Gasteiger partial charge in [0.05, 0.1) is 19.0 Å². The zero-order valence-electron chi connectivity index (χ0n) is 12.9. The monoisotopic (exact) mass is 330 g/mol. The first-order valence-electron chi connectivity index (χ1n) is 6.98. The van der Waals surface area contributed by atoms with Crippen LogP contribution in [0, 0.1) is 5.82 Å². The van der Waals surface area contributed by atoms with Crippen molar-refractivity contribution in [3.05, 3.63) is 71.4 Å². The molecule has 0 aliphatic heterocycles. The molecule has 2 rings (SSSR count). The van der Waals surface area contributed by atoms with E-state index in [0.717, 1.165) is 11.8 Å². The standard InChI is InChI=1S/C17H15FN2O4/c1-23-16(21)15(9-14-8-7-13(18)10-19-14)20-17(22)24-11-12-5-3-2-4-6-12/h2-10H,11H2,1H3,(H,20,22)/b15-9+. The number of nitrogens with zero attached hydrogens (tertiary/aromatic N) is 1. The van der Waals surface area contributed by atoms with E-state index in [4.69, 9.17) is 4.74 Å². The second kappa shape index (κ2) is 8.42. The average Bonchev–Trinajstić information content (AvgIpc) is 2.61. The number of pyridine rings is 1. The first-order valence-corrected chi connectivity index (χ1v) is 6.98. The largest absolute Gasteiger partial charge is 0.464 e. The molecule has 1 aromatic heterocycles. The van der Waals surface area contributed by atoms with Gasteiger partial charge >= 0.3 is 12.1 Å². The Morgan fingerprint density at radius 1 is 1.21 bits per heavy atom. The molecule has 0 saturated heterocycles. The van der Waals surface area contributed by atoms with Crippen molar-refractivity contribution in [2.24, 2.45) is 0 Å². The van der Waals surface area contributed by atoms with Crippen LogP contribution in [0.4, 0.5) is 9.18 Å². The van der Waals surface area contributed by atoms with Crippen LogP contribution in [-0.2, 0) is 20.9 Å². The van der Waals surface area contributed by atoms with Crippen molar-refractivity contribution in [3.8, 4) is 0 Å². The molecule has 0 atom stereocenters. The number of carbonyl (C=O) groups excluding carboxylic acids is 2. The molecule has 124 valence electrons. The molecular formula is C17H15FN2O4. The van der Waals surface area contributed by atoms with Crippen LogP contribution in [0.25, 0.3) is 6.08 Å². The van der Waals surface area contributed by atoms with Gasteiger partial charge in [0, 0.05) is 0 Å². The maximum absolute atomic E-state index is 12.9. The smallest absolute Gasteiger partial charge is 0.412 e. The highest BCUT2D eigenvalue weighted by Gasteiger charge is 2.15. The Morgan fingerprint density at radius 3 is 2.58 bits per heavy atom. The number of amides is 1. The predicted molar refractivity (Wildman–Crippen MR) is 84.0 cm³/mol. The van der Waals surface area contributed by atoms with Gasteiger partial charge in [0.15, 0.2) is 0 Å². The van der Waals surface area contributed by atoms with Crippen LogP contribution >= 0.6 is 0 Å². The van der Waals surface area contributed by atoms with Gasteiger partial charge in [0.1, 0.15) is 18.1 Å². The summed E-state index contributed by atoms with van der Waals surface area (Å²) in [5.74, 6) is -1.29. The molecule has 0 saturated carbocycles. The Hall–Kier alpha value is -3.22. The van der Waals surface area contributed by atoms with Gasteiger partial charge in [-0.15, -0.1) is 0 Å². The summed E-state index contributed by atoms with van der Waals surface area (Å²) < 4.78 is 22.5. The van der Waals surface area contributed by atoms with E-state index in [1.165, 1.54) is 25.3 Å². The summed E-state index contributed by atoms with van der Waals surface area (Å²) in [6, 6.07) is 11.6. The van der Waals surface area contributed by atoms with E-state index in [9.17, 15) is 14.0 Å². The molecule has 0 unspecified atom stereocenters. The Bertz CT molecular complexity index is 730. The third kappa shape index (κ3) is 5.20. The lowest BCUT2D eigenvalue weighted by molar-refractivity contribution is -0.136. The molecule has 1 aromatic carbocycles. The van der Waals surface area contributed by atoms with Crippen molar-refractivity contribution >= 4 is 18.1 Å². The van der Waals surface area contributed by atoms with Gasteiger partial charge in [-0.05, 0) is 23.8 Å². The van der Waals surface area contributed by atoms with E-state index in [-0.39, 0.29) is 18.0 Å². The zero-order valence-corrected chi connectivity index (χ0v) is 12.9. The molecule has 7 heteroatoms. The van der Waals surface area contributed by atoms with Crippen molar-refractivity contribution in [3.63, 3.8) is 0 Å². The molecule has 0 aliphatic carbocycles. The fourth-order valence-electron chi connectivity index (χ4n) is 1.75. The second-order valence-electron chi connectivity index (χ2n) is 4.64. The number of ether oxygens (including phenoxy) is 2. The van der Waals surface area contributed by atoms with Crippen LogP contribution in [0.1, 0.15) is 11.3 Å². The number of alkyl carbamates (subject to hydrolysis) is 1. The number of nitrogens with one attached hydrogen (secondary N) is 1. The molecule has 0 fully saturated rings. The van der Waals surface area contributed by atoms with E-state index in [1.807, 2.05) is 18.2 Å². The van der Waals surface area contributed by atoms with Crippen molar-refractivity contribution in [1.82, 2.24) is 10.3 Å². The molecule has 2 aromatic rings. The second-order valence-corrected chi connectivity index (χ2v) is 4.64. The highest BCUT2D eigenvalue weighted by Crippen LogP contribution is 2.06. The molecule has 0 radical (unpaired) electrons. The third-order valence-corrected chi connectivity index (χ3v) is 2.90. The minimum atomic E-state index is -0.822. The van der Waals surface area contributed by atoms with E-state index in [2.05, 4.69) is 15.0 Å². The Morgan fingerprint density at radius 2 is 1.96 bits per heavy atom.